The van der Waals surface area contributed by atoms with Gasteiger partial charge in [0.1, 0.15) is 9.39 Å². The molecule has 2 nitrogen and oxygen atoms in total. The lowest BCUT2D eigenvalue weighted by atomic mass is 10.1. The third-order valence-electron chi connectivity index (χ3n) is 1.60. The molecule has 0 aliphatic heterocycles. The molecule has 1 aromatic heterocycles. The molecule has 0 N–H and O–H groups in total. The normalized spacial score (nSPS) is 10.6. The molecule has 1 heterocycles. The van der Waals surface area contributed by atoms with Crippen molar-refractivity contribution in [3.05, 3.63) is 26.6 Å². The van der Waals surface area contributed by atoms with Gasteiger partial charge in [-0.25, -0.2) is 13.8 Å². The molecule has 76 valence electrons. The van der Waals surface area contributed by atoms with Crippen LogP contribution in [0.2, 0.25) is 0 Å². The molecule has 0 bridgehead atoms. The van der Waals surface area contributed by atoms with Gasteiger partial charge in [-0.05, 0) is 34.2 Å². The second-order valence-electron chi connectivity index (χ2n) is 2.46. The Bertz CT molecular complexity index is 359. The molecule has 0 saturated heterocycles. The lowest BCUT2D eigenvalue weighted by molar-refractivity contribution is 0.110. The number of pyridine rings is 1. The number of aldehydes is 1. The SMILES string of the molecule is O=Cc1nc(I)c(CCl)cc1C(F)F. The maximum atomic E-state index is 12.4. The molecule has 0 amide bonds. The number of hydrogen-bond donors (Lipinski definition) is 0. The molecule has 0 radical (unpaired) electrons. The van der Waals surface area contributed by atoms with Crippen LogP contribution in [0.25, 0.3) is 0 Å². The van der Waals surface area contributed by atoms with E-state index in [0.717, 1.165) is 0 Å². The van der Waals surface area contributed by atoms with Crippen molar-refractivity contribution in [2.24, 2.45) is 0 Å². The molecule has 0 aliphatic carbocycles. The molecule has 1 aromatic rings. The van der Waals surface area contributed by atoms with Crippen molar-refractivity contribution in [3.8, 4) is 0 Å². The summed E-state index contributed by atoms with van der Waals surface area (Å²) in [7, 11) is 0. The Morgan fingerprint density at radius 1 is 1.64 bits per heavy atom. The van der Waals surface area contributed by atoms with Crippen LogP contribution >= 0.6 is 34.2 Å². The van der Waals surface area contributed by atoms with Gasteiger partial charge in [-0.3, -0.25) is 4.79 Å². The Balaban J connectivity index is 3.32. The highest BCUT2D eigenvalue weighted by Gasteiger charge is 2.16. The Hall–Kier alpha value is -0.300. The number of hydrogen-bond acceptors (Lipinski definition) is 2. The van der Waals surface area contributed by atoms with Gasteiger partial charge < -0.3 is 0 Å². The van der Waals surface area contributed by atoms with Crippen LogP contribution in [0.15, 0.2) is 6.07 Å². The number of carbonyl (C=O) groups excluding carboxylic acids is 1. The number of aromatic nitrogens is 1. The summed E-state index contributed by atoms with van der Waals surface area (Å²) in [5, 5.41) is 0. The number of carbonyl (C=O) groups is 1. The van der Waals surface area contributed by atoms with Crippen LogP contribution in [0.3, 0.4) is 0 Å². The molecule has 0 aliphatic rings. The van der Waals surface area contributed by atoms with Gasteiger partial charge in [0.25, 0.3) is 6.43 Å². The van der Waals surface area contributed by atoms with E-state index in [1.54, 1.807) is 0 Å². The van der Waals surface area contributed by atoms with Crippen LogP contribution in [0.4, 0.5) is 8.78 Å². The Labute approximate surface area is 97.8 Å². The predicted octanol–water partition coefficient (Wildman–Crippen LogP) is 3.18. The van der Waals surface area contributed by atoms with Crippen LogP contribution in [0, 0.1) is 3.70 Å². The predicted molar refractivity (Wildman–Crippen MR) is 56.9 cm³/mol. The summed E-state index contributed by atoms with van der Waals surface area (Å²) in [6.07, 6.45) is -2.39. The highest BCUT2D eigenvalue weighted by molar-refractivity contribution is 14.1. The monoisotopic (exact) mass is 331 g/mol. The number of alkyl halides is 3. The second kappa shape index (κ2) is 4.97. The zero-order valence-electron chi connectivity index (χ0n) is 6.81. The molecule has 0 saturated carbocycles. The molecule has 1 rings (SSSR count). The second-order valence-corrected chi connectivity index (χ2v) is 3.75. The molecular weight excluding hydrogens is 326 g/mol. The topological polar surface area (TPSA) is 30.0 Å². The zero-order valence-corrected chi connectivity index (χ0v) is 9.72. The van der Waals surface area contributed by atoms with Crippen molar-refractivity contribution >= 4 is 40.5 Å². The van der Waals surface area contributed by atoms with Crippen molar-refractivity contribution in [2.75, 3.05) is 0 Å². The molecular formula is C8H5ClF2INO. The van der Waals surface area contributed by atoms with Crippen molar-refractivity contribution in [1.29, 1.82) is 0 Å². The molecule has 0 aromatic carbocycles. The lowest BCUT2D eigenvalue weighted by Crippen LogP contribution is -2.02. The summed E-state index contributed by atoms with van der Waals surface area (Å²) in [6.45, 7) is 0. The van der Waals surface area contributed by atoms with Crippen molar-refractivity contribution in [3.63, 3.8) is 0 Å². The van der Waals surface area contributed by atoms with Crippen LogP contribution in [0.5, 0.6) is 0 Å². The van der Waals surface area contributed by atoms with Gasteiger partial charge in [0, 0.05) is 11.4 Å². The van der Waals surface area contributed by atoms with Gasteiger partial charge in [0.05, 0.1) is 0 Å². The smallest absolute Gasteiger partial charge is 0.266 e. The lowest BCUT2D eigenvalue weighted by Gasteiger charge is -2.06. The average Bonchev–Trinajstić information content (AvgIpc) is 2.16. The van der Waals surface area contributed by atoms with Crippen molar-refractivity contribution in [1.82, 2.24) is 4.98 Å². The maximum absolute atomic E-state index is 12.4. The Morgan fingerprint density at radius 3 is 2.71 bits per heavy atom. The summed E-state index contributed by atoms with van der Waals surface area (Å²) < 4.78 is 25.3. The number of rotatable bonds is 3. The first kappa shape index (κ1) is 11.8. The average molecular weight is 331 g/mol. The first-order chi connectivity index (χ1) is 6.60. The highest BCUT2D eigenvalue weighted by atomic mass is 127. The third kappa shape index (κ3) is 2.38. The Morgan fingerprint density at radius 2 is 2.29 bits per heavy atom. The van der Waals surface area contributed by atoms with E-state index >= 15 is 0 Å². The van der Waals surface area contributed by atoms with E-state index < -0.39 is 6.43 Å². The molecule has 0 unspecified atom stereocenters. The summed E-state index contributed by atoms with van der Waals surface area (Å²) in [5.41, 5.74) is -0.0810. The van der Waals surface area contributed by atoms with Crippen molar-refractivity contribution < 1.29 is 13.6 Å². The van der Waals surface area contributed by atoms with Crippen LogP contribution < -0.4 is 0 Å². The summed E-state index contributed by atoms with van der Waals surface area (Å²) in [4.78, 5) is 14.2. The fourth-order valence-corrected chi connectivity index (χ4v) is 1.96. The van der Waals surface area contributed by atoms with Crippen LogP contribution in [0.1, 0.15) is 28.0 Å². The largest absolute Gasteiger partial charge is 0.296 e. The van der Waals surface area contributed by atoms with Gasteiger partial charge >= 0.3 is 0 Å². The molecule has 0 fully saturated rings. The van der Waals surface area contributed by atoms with E-state index in [1.807, 2.05) is 22.6 Å². The summed E-state index contributed by atoms with van der Waals surface area (Å²) in [6, 6.07) is 1.22. The molecule has 14 heavy (non-hydrogen) atoms. The van der Waals surface area contributed by atoms with E-state index in [2.05, 4.69) is 4.98 Å². The minimum absolute atomic E-state index is 0.101. The maximum Gasteiger partial charge on any atom is 0.266 e. The molecule has 6 heteroatoms. The highest BCUT2D eigenvalue weighted by Crippen LogP contribution is 2.24. The fraction of sp³-hybridized carbons (Fsp3) is 0.250. The molecule has 0 atom stereocenters. The minimum Gasteiger partial charge on any atom is -0.296 e. The van der Waals surface area contributed by atoms with Gasteiger partial charge in [-0.15, -0.1) is 11.6 Å². The van der Waals surface area contributed by atoms with E-state index in [1.165, 1.54) is 6.07 Å². The van der Waals surface area contributed by atoms with E-state index in [0.29, 0.717) is 15.6 Å². The Kier molecular flexibility index (Phi) is 4.18. The van der Waals surface area contributed by atoms with Crippen molar-refractivity contribution in [2.45, 2.75) is 12.3 Å². The van der Waals surface area contributed by atoms with Crippen LogP contribution in [-0.2, 0) is 5.88 Å². The zero-order chi connectivity index (χ0) is 10.7. The van der Waals surface area contributed by atoms with E-state index in [4.69, 9.17) is 11.6 Å². The standard InChI is InChI=1S/C8H5ClF2INO/c9-2-4-1-5(7(10)11)6(3-14)13-8(4)12/h1,3,7H,2H2. The summed E-state index contributed by atoms with van der Waals surface area (Å²) in [5.74, 6) is 0.101. The van der Waals surface area contributed by atoms with Crippen LogP contribution in [-0.4, -0.2) is 11.3 Å². The fourth-order valence-electron chi connectivity index (χ4n) is 0.926. The third-order valence-corrected chi connectivity index (χ3v) is 2.82. The first-order valence-electron chi connectivity index (χ1n) is 3.58. The van der Waals surface area contributed by atoms with E-state index in [-0.39, 0.29) is 17.1 Å². The van der Waals surface area contributed by atoms with Gasteiger partial charge in [0.15, 0.2) is 6.29 Å². The first-order valence-corrected chi connectivity index (χ1v) is 5.20. The van der Waals surface area contributed by atoms with Gasteiger partial charge in [-0.2, -0.15) is 0 Å². The van der Waals surface area contributed by atoms with Gasteiger partial charge in [0.2, 0.25) is 0 Å². The quantitative estimate of drug-likeness (QED) is 0.368. The van der Waals surface area contributed by atoms with Gasteiger partial charge in [-0.1, -0.05) is 0 Å². The summed E-state index contributed by atoms with van der Waals surface area (Å²) >= 11 is 7.38. The minimum atomic E-state index is -2.71. The number of halogens is 4. The number of nitrogens with zero attached hydrogens (tertiary/aromatic N) is 1. The molecule has 0 spiro atoms. The van der Waals surface area contributed by atoms with E-state index in [9.17, 15) is 13.6 Å².